The molecule has 6 rings (SSSR count). The van der Waals surface area contributed by atoms with Gasteiger partial charge in [-0.1, -0.05) is 30.3 Å². The second-order valence-electron chi connectivity index (χ2n) is 17.0. The molecule has 65 heavy (non-hydrogen) atoms. The van der Waals surface area contributed by atoms with Crippen molar-refractivity contribution in [3.05, 3.63) is 89.2 Å². The molecule has 1 atom stereocenters. The normalized spacial score (nSPS) is 19.7. The number of carboxylic acids is 1. The van der Waals surface area contributed by atoms with E-state index in [1.807, 2.05) is 43.3 Å². The smallest absolute Gasteiger partial charge is 0.411 e. The Bertz CT molecular complexity index is 2300. The van der Waals surface area contributed by atoms with E-state index in [4.69, 9.17) is 10.8 Å². The van der Waals surface area contributed by atoms with E-state index in [2.05, 4.69) is 45.1 Å². The summed E-state index contributed by atoms with van der Waals surface area (Å²) in [6.45, 7) is 2.46. The lowest BCUT2D eigenvalue weighted by atomic mass is 9.81. The molecule has 352 valence electrons. The summed E-state index contributed by atoms with van der Waals surface area (Å²) in [6.07, 6.45) is 6.82. The van der Waals surface area contributed by atoms with Crippen molar-refractivity contribution in [2.75, 3.05) is 26.0 Å². The van der Waals surface area contributed by atoms with Crippen LogP contribution in [0.1, 0.15) is 78.7 Å². The fourth-order valence-electron chi connectivity index (χ4n) is 8.30. The van der Waals surface area contributed by atoms with Crippen LogP contribution in [0, 0.1) is 18.8 Å². The average Bonchev–Trinajstić information content (AvgIpc) is 3.78. The number of benzene rings is 3. The van der Waals surface area contributed by atoms with Crippen molar-refractivity contribution in [1.82, 2.24) is 30.7 Å². The number of hydrogen-bond acceptors (Lipinski definition) is 8. The Labute approximate surface area is 378 Å². The molecule has 0 unspecified atom stereocenters. The lowest BCUT2D eigenvalue weighted by Crippen LogP contribution is -2.56. The van der Waals surface area contributed by atoms with Gasteiger partial charge >= 0.3 is 23.7 Å². The minimum atomic E-state index is -6.37. The summed E-state index contributed by atoms with van der Waals surface area (Å²) >= 11 is 0. The number of carbonyl (C=O) groups excluding carboxylic acids is 3. The number of nitrogens with one attached hydrogen (secondary N) is 4. The van der Waals surface area contributed by atoms with Gasteiger partial charge < -0.3 is 36.7 Å². The highest BCUT2D eigenvalue weighted by Crippen LogP contribution is 2.50. The van der Waals surface area contributed by atoms with Gasteiger partial charge in [-0.3, -0.25) is 14.4 Å². The third-order valence-electron chi connectivity index (χ3n) is 12.4. The van der Waals surface area contributed by atoms with Crippen molar-refractivity contribution in [2.24, 2.45) is 17.6 Å². The molecule has 2 saturated carbocycles. The molecule has 2 aliphatic rings. The van der Waals surface area contributed by atoms with E-state index in [1.54, 1.807) is 11.1 Å². The molecule has 2 aliphatic carbocycles. The number of rotatable bonds is 16. The molecular formula is C45H53ClF6N8O5. The maximum absolute atomic E-state index is 14.5. The Morgan fingerprint density at radius 1 is 0.846 bits per heavy atom. The lowest BCUT2D eigenvalue weighted by Gasteiger charge is -2.33. The number of halogens is 7. The highest BCUT2D eigenvalue weighted by atomic mass is 35.5. The predicted octanol–water partition coefficient (Wildman–Crippen LogP) is 7.35. The third-order valence-corrected chi connectivity index (χ3v) is 12.4. The van der Waals surface area contributed by atoms with E-state index >= 15 is 0 Å². The summed E-state index contributed by atoms with van der Waals surface area (Å²) in [5, 5.41) is 23.5. The van der Waals surface area contributed by atoms with E-state index in [0.29, 0.717) is 36.9 Å². The summed E-state index contributed by atoms with van der Waals surface area (Å²) in [5.74, 6) is -25.2. The maximum atomic E-state index is 14.5. The average molecular weight is 935 g/mol. The van der Waals surface area contributed by atoms with Crippen LogP contribution in [-0.4, -0.2) is 99.5 Å². The number of aryl methyl sites for hydroxylation is 1. The Morgan fingerprint density at radius 3 is 2.03 bits per heavy atom. The lowest BCUT2D eigenvalue weighted by molar-refractivity contribution is -0.311. The standard InChI is InChI=1S/C45H52F6N8O5.ClH/c1-25-22-31(39(61)53-33-17-19-34(20-18-33)59(2)3)14-21-35(25)28-8-4-26(5-9-28)23-36(55-38(60)30-10-6-27(24-52)7-11-30)40(62)54-32-15-12-29(13-16-32)37-56-41(58-57-37)43(46,47)45(50,51)44(48,49)42(63)64;/h4-5,8-9,12-16,21-22,27,30,33-34,36H,6-7,10-11,17-20,23-24,52H2,1-3H3,(H,53,61)(H,54,62)(H,55,60)(H,63,64)(H,56,57,58);1H/t27-,30-,33?,34?,36-;/m0./s1. The van der Waals surface area contributed by atoms with E-state index < -0.39 is 47.3 Å². The van der Waals surface area contributed by atoms with Gasteiger partial charge in [-0.05, 0) is 144 Å². The molecule has 0 bridgehead atoms. The topological polar surface area (TPSA) is 195 Å². The molecule has 0 spiro atoms. The number of hydrogen-bond donors (Lipinski definition) is 6. The number of H-pyrrole nitrogens is 1. The first-order valence-electron chi connectivity index (χ1n) is 21.1. The minimum absolute atomic E-state index is 0. The van der Waals surface area contributed by atoms with Gasteiger partial charge in [0.2, 0.25) is 17.6 Å². The Balaban J connectivity index is 0.00000793. The largest absolute Gasteiger partial charge is 0.477 e. The molecule has 3 aromatic carbocycles. The van der Waals surface area contributed by atoms with Crippen LogP contribution in [0.25, 0.3) is 22.5 Å². The zero-order valence-corrected chi connectivity index (χ0v) is 36.8. The van der Waals surface area contributed by atoms with Gasteiger partial charge in [-0.15, -0.1) is 22.6 Å². The molecule has 20 heteroatoms. The Morgan fingerprint density at radius 2 is 1.46 bits per heavy atom. The number of carbonyl (C=O) groups is 4. The number of aromatic nitrogens is 3. The van der Waals surface area contributed by atoms with Crippen LogP contribution >= 0.6 is 12.4 Å². The number of carboxylic acid groups (broad SMARTS) is 1. The van der Waals surface area contributed by atoms with Crippen LogP contribution in [0.5, 0.6) is 0 Å². The molecule has 2 fully saturated rings. The molecular weight excluding hydrogens is 882 g/mol. The third kappa shape index (κ3) is 11.3. The van der Waals surface area contributed by atoms with Crippen molar-refractivity contribution in [3.8, 4) is 22.5 Å². The van der Waals surface area contributed by atoms with Crippen molar-refractivity contribution in [1.29, 1.82) is 0 Å². The van der Waals surface area contributed by atoms with Crippen LogP contribution in [0.15, 0.2) is 66.7 Å². The van der Waals surface area contributed by atoms with Crippen LogP contribution in [0.3, 0.4) is 0 Å². The molecule has 0 saturated heterocycles. The van der Waals surface area contributed by atoms with Crippen LogP contribution in [0.2, 0.25) is 0 Å². The summed E-state index contributed by atoms with van der Waals surface area (Å²) < 4.78 is 84.4. The number of anilines is 1. The molecule has 0 radical (unpaired) electrons. The fourth-order valence-corrected chi connectivity index (χ4v) is 8.30. The summed E-state index contributed by atoms with van der Waals surface area (Å²) in [4.78, 5) is 55.2. The van der Waals surface area contributed by atoms with Gasteiger partial charge in [-0.2, -0.15) is 26.3 Å². The summed E-state index contributed by atoms with van der Waals surface area (Å²) in [6, 6.07) is 17.8. The predicted molar refractivity (Wildman–Crippen MR) is 233 cm³/mol. The molecule has 1 aromatic heterocycles. The van der Waals surface area contributed by atoms with Crippen molar-refractivity contribution in [2.45, 2.75) is 101 Å². The number of aromatic amines is 1. The zero-order valence-electron chi connectivity index (χ0n) is 36.0. The zero-order chi connectivity index (χ0) is 46.6. The molecule has 4 aromatic rings. The first-order valence-corrected chi connectivity index (χ1v) is 21.1. The van der Waals surface area contributed by atoms with E-state index in [1.165, 1.54) is 24.3 Å². The van der Waals surface area contributed by atoms with Gasteiger partial charge in [0.15, 0.2) is 5.82 Å². The van der Waals surface area contributed by atoms with Crippen LogP contribution < -0.4 is 21.7 Å². The Kier molecular flexibility index (Phi) is 16.1. The maximum Gasteiger partial charge on any atom is 0.411 e. The molecule has 3 amide bonds. The number of alkyl halides is 6. The number of amides is 3. The highest BCUT2D eigenvalue weighted by molar-refractivity contribution is 5.98. The van der Waals surface area contributed by atoms with Gasteiger partial charge in [0.1, 0.15) is 6.04 Å². The van der Waals surface area contributed by atoms with Crippen molar-refractivity contribution >= 4 is 41.8 Å². The quantitative estimate of drug-likeness (QED) is 0.0623. The monoisotopic (exact) mass is 934 g/mol. The second kappa shape index (κ2) is 20.8. The fraction of sp³-hybridized carbons (Fsp3) is 0.467. The molecule has 7 N–H and O–H groups in total. The van der Waals surface area contributed by atoms with Crippen molar-refractivity contribution in [3.63, 3.8) is 0 Å². The Hall–Kier alpha value is -5.53. The molecule has 13 nitrogen and oxygen atoms in total. The first kappa shape index (κ1) is 50.5. The van der Waals surface area contributed by atoms with Gasteiger partial charge in [-0.25, -0.2) is 4.79 Å². The number of aliphatic carboxylic acids is 1. The van der Waals surface area contributed by atoms with Gasteiger partial charge in [0.05, 0.1) is 0 Å². The number of nitrogens with two attached hydrogens (primary N) is 1. The highest BCUT2D eigenvalue weighted by Gasteiger charge is 2.77. The van der Waals surface area contributed by atoms with Crippen LogP contribution in [-0.2, 0) is 26.7 Å². The molecule has 0 aliphatic heterocycles. The first-order chi connectivity index (χ1) is 30.2. The van der Waals surface area contributed by atoms with Gasteiger partial charge in [0, 0.05) is 41.2 Å². The summed E-state index contributed by atoms with van der Waals surface area (Å²) in [5.41, 5.74) is 10.0. The van der Waals surface area contributed by atoms with E-state index in [0.717, 1.165) is 60.8 Å². The molecule has 1 heterocycles. The summed E-state index contributed by atoms with van der Waals surface area (Å²) in [7, 11) is 4.15. The van der Waals surface area contributed by atoms with Crippen LogP contribution in [0.4, 0.5) is 32.0 Å². The van der Waals surface area contributed by atoms with Crippen molar-refractivity contribution < 1.29 is 50.6 Å². The second-order valence-corrected chi connectivity index (χ2v) is 17.0. The SMILES string of the molecule is Cc1cc(C(=O)NC2CCC(N(C)C)CC2)ccc1-c1ccc(C[C@H](NC(=O)[C@H]2CC[C@H](CN)CC2)C(=O)Nc2ccc(-c3nnc(C(F)(F)C(F)(F)C(F)(F)C(=O)O)[nH]3)cc2)cc1.Cl. The van der Waals surface area contributed by atoms with E-state index in [-0.39, 0.29) is 53.9 Å². The van der Waals surface area contributed by atoms with E-state index in [9.17, 15) is 45.5 Å². The number of nitrogens with zero attached hydrogens (tertiary/aromatic N) is 3. The minimum Gasteiger partial charge on any atom is -0.477 e. The van der Waals surface area contributed by atoms with Gasteiger partial charge in [0.25, 0.3) is 5.91 Å².